The molecule has 0 spiro atoms. The number of benzene rings is 1. The highest BCUT2D eigenvalue weighted by Crippen LogP contribution is 2.24. The van der Waals surface area contributed by atoms with Crippen LogP contribution in [-0.4, -0.2) is 40.5 Å². The van der Waals surface area contributed by atoms with E-state index in [-0.39, 0.29) is 17.0 Å². The summed E-state index contributed by atoms with van der Waals surface area (Å²) in [6.45, 7) is 2.77. The zero-order valence-corrected chi connectivity index (χ0v) is 15.0. The summed E-state index contributed by atoms with van der Waals surface area (Å²) in [5.74, 6) is 0.142. The molecule has 1 fully saturated rings. The average molecular weight is 378 g/mol. The van der Waals surface area contributed by atoms with Gasteiger partial charge in [0.2, 0.25) is 15.9 Å². The van der Waals surface area contributed by atoms with E-state index < -0.39 is 15.8 Å². The summed E-state index contributed by atoms with van der Waals surface area (Å²) in [7, 11) is -3.59. The van der Waals surface area contributed by atoms with Gasteiger partial charge in [-0.1, -0.05) is 11.6 Å². The number of rotatable bonds is 4. The smallest absolute Gasteiger partial charge is 0.408 e. The van der Waals surface area contributed by atoms with Crippen molar-refractivity contribution < 1.29 is 17.4 Å². The van der Waals surface area contributed by atoms with E-state index in [1.165, 1.54) is 21.0 Å². The van der Waals surface area contributed by atoms with Crippen LogP contribution in [0, 0.1) is 6.92 Å². The van der Waals surface area contributed by atoms with Crippen molar-refractivity contribution in [3.8, 4) is 0 Å². The highest BCUT2D eigenvalue weighted by Gasteiger charge is 2.27. The summed E-state index contributed by atoms with van der Waals surface area (Å²) in [6, 6.07) is 4.47. The third-order valence-electron chi connectivity index (χ3n) is 4.46. The molecule has 1 saturated heterocycles. The Labute approximate surface area is 149 Å². The van der Waals surface area contributed by atoms with Gasteiger partial charge in [0.25, 0.3) is 0 Å². The Kier molecular flexibility index (Phi) is 4.16. The Morgan fingerprint density at radius 3 is 2.65 bits per heavy atom. The maximum Gasteiger partial charge on any atom is 0.420 e. The number of fused-ring (bicyclic) bond motifs is 1. The van der Waals surface area contributed by atoms with Crippen molar-refractivity contribution in [1.29, 1.82) is 0 Å². The molecule has 3 heterocycles. The predicted octanol–water partition coefficient (Wildman–Crippen LogP) is 1.51. The van der Waals surface area contributed by atoms with Gasteiger partial charge >= 0.3 is 5.76 Å². The molecule has 1 aromatic carbocycles. The molecule has 0 N–H and O–H groups in total. The topological polar surface area (TPSA) is 111 Å². The fourth-order valence-corrected chi connectivity index (χ4v) is 4.69. The van der Waals surface area contributed by atoms with Gasteiger partial charge in [0, 0.05) is 26.1 Å². The highest BCUT2D eigenvalue weighted by atomic mass is 32.2. The first-order chi connectivity index (χ1) is 12.4. The molecule has 0 unspecified atom stereocenters. The second kappa shape index (κ2) is 6.36. The molecule has 2 aromatic heterocycles. The SMILES string of the molecule is Cc1nc(Cn2c(=O)oc3cc(S(=O)(=O)N4CCCCC4)ccc32)no1. The van der Waals surface area contributed by atoms with Gasteiger partial charge in [-0.25, -0.2) is 13.2 Å². The Morgan fingerprint density at radius 1 is 1.19 bits per heavy atom. The summed E-state index contributed by atoms with van der Waals surface area (Å²) >= 11 is 0. The number of nitrogens with zero attached hydrogens (tertiary/aromatic N) is 4. The van der Waals surface area contributed by atoms with Gasteiger partial charge in [-0.05, 0) is 25.0 Å². The van der Waals surface area contributed by atoms with Gasteiger partial charge < -0.3 is 8.94 Å². The van der Waals surface area contributed by atoms with Crippen molar-refractivity contribution >= 4 is 21.1 Å². The van der Waals surface area contributed by atoms with E-state index in [0.717, 1.165) is 19.3 Å². The van der Waals surface area contributed by atoms with E-state index >= 15 is 0 Å². The summed E-state index contributed by atoms with van der Waals surface area (Å²) in [5, 5.41) is 3.77. The van der Waals surface area contributed by atoms with Gasteiger partial charge in [-0.15, -0.1) is 0 Å². The quantitative estimate of drug-likeness (QED) is 0.676. The Hall–Kier alpha value is -2.46. The molecule has 0 atom stereocenters. The van der Waals surface area contributed by atoms with Crippen LogP contribution in [0.2, 0.25) is 0 Å². The van der Waals surface area contributed by atoms with Gasteiger partial charge in [0.05, 0.1) is 17.0 Å². The van der Waals surface area contributed by atoms with Crippen molar-refractivity contribution in [2.45, 2.75) is 37.6 Å². The van der Waals surface area contributed by atoms with Crippen LogP contribution in [0.4, 0.5) is 0 Å². The Balaban J connectivity index is 1.71. The Bertz CT molecular complexity index is 1110. The third kappa shape index (κ3) is 2.95. The van der Waals surface area contributed by atoms with Crippen molar-refractivity contribution in [2.24, 2.45) is 0 Å². The van der Waals surface area contributed by atoms with Crippen molar-refractivity contribution in [2.75, 3.05) is 13.1 Å². The van der Waals surface area contributed by atoms with Gasteiger partial charge in [-0.2, -0.15) is 9.29 Å². The predicted molar refractivity (Wildman–Crippen MR) is 91.2 cm³/mol. The fourth-order valence-electron chi connectivity index (χ4n) is 3.16. The number of piperidine rings is 1. The molecular formula is C16H18N4O5S. The number of hydrogen-bond acceptors (Lipinski definition) is 7. The van der Waals surface area contributed by atoms with Crippen LogP contribution < -0.4 is 5.76 Å². The molecular weight excluding hydrogens is 360 g/mol. The van der Waals surface area contributed by atoms with Gasteiger partial charge in [-0.3, -0.25) is 4.57 Å². The molecule has 0 amide bonds. The molecule has 26 heavy (non-hydrogen) atoms. The molecule has 0 saturated carbocycles. The number of oxazole rings is 1. The second-order valence-corrected chi connectivity index (χ2v) is 8.22. The maximum atomic E-state index is 12.8. The number of aromatic nitrogens is 3. The maximum absolute atomic E-state index is 12.8. The lowest BCUT2D eigenvalue weighted by molar-refractivity contribution is 0.346. The fraction of sp³-hybridized carbons (Fsp3) is 0.438. The zero-order chi connectivity index (χ0) is 18.3. The minimum atomic E-state index is -3.59. The van der Waals surface area contributed by atoms with Crippen LogP contribution in [-0.2, 0) is 16.6 Å². The normalized spacial score (nSPS) is 16.3. The van der Waals surface area contributed by atoms with E-state index in [9.17, 15) is 13.2 Å². The molecule has 138 valence electrons. The minimum absolute atomic E-state index is 0.0847. The number of aryl methyl sites for hydroxylation is 1. The minimum Gasteiger partial charge on any atom is -0.408 e. The average Bonchev–Trinajstić information content (AvgIpc) is 3.18. The first-order valence-corrected chi connectivity index (χ1v) is 9.82. The van der Waals surface area contributed by atoms with Gasteiger partial charge in [0.15, 0.2) is 11.4 Å². The monoisotopic (exact) mass is 378 g/mol. The molecule has 10 heteroatoms. The van der Waals surface area contributed by atoms with Crippen molar-refractivity contribution in [1.82, 2.24) is 19.0 Å². The largest absolute Gasteiger partial charge is 0.420 e. The molecule has 3 aromatic rings. The lowest BCUT2D eigenvalue weighted by Gasteiger charge is -2.25. The van der Waals surface area contributed by atoms with E-state index in [1.807, 2.05) is 0 Å². The second-order valence-electron chi connectivity index (χ2n) is 6.28. The molecule has 9 nitrogen and oxygen atoms in total. The Morgan fingerprint density at radius 2 is 1.96 bits per heavy atom. The van der Waals surface area contributed by atoms with Crippen LogP contribution in [0.3, 0.4) is 0 Å². The number of sulfonamides is 1. The zero-order valence-electron chi connectivity index (χ0n) is 14.2. The summed E-state index contributed by atoms with van der Waals surface area (Å²) in [4.78, 5) is 16.4. The summed E-state index contributed by atoms with van der Waals surface area (Å²) < 4.78 is 38.5. The lowest BCUT2D eigenvalue weighted by Crippen LogP contribution is -2.35. The van der Waals surface area contributed by atoms with E-state index in [2.05, 4.69) is 10.1 Å². The van der Waals surface area contributed by atoms with Crippen molar-refractivity contribution in [3.63, 3.8) is 0 Å². The van der Waals surface area contributed by atoms with E-state index in [0.29, 0.717) is 30.3 Å². The number of hydrogen-bond donors (Lipinski definition) is 0. The van der Waals surface area contributed by atoms with Crippen LogP contribution in [0.25, 0.3) is 11.1 Å². The molecule has 1 aliphatic rings. The van der Waals surface area contributed by atoms with Crippen LogP contribution in [0.15, 0.2) is 36.8 Å². The first-order valence-electron chi connectivity index (χ1n) is 8.38. The summed E-state index contributed by atoms with van der Waals surface area (Å²) in [6.07, 6.45) is 2.76. The van der Waals surface area contributed by atoms with Crippen LogP contribution in [0.5, 0.6) is 0 Å². The van der Waals surface area contributed by atoms with Crippen LogP contribution in [0.1, 0.15) is 31.0 Å². The van der Waals surface area contributed by atoms with E-state index in [1.54, 1.807) is 13.0 Å². The van der Waals surface area contributed by atoms with E-state index in [4.69, 9.17) is 8.94 Å². The molecule has 0 bridgehead atoms. The third-order valence-corrected chi connectivity index (χ3v) is 6.36. The highest BCUT2D eigenvalue weighted by molar-refractivity contribution is 7.89. The van der Waals surface area contributed by atoms with Crippen LogP contribution >= 0.6 is 0 Å². The first kappa shape index (κ1) is 17.0. The van der Waals surface area contributed by atoms with Crippen molar-refractivity contribution in [3.05, 3.63) is 40.5 Å². The lowest BCUT2D eigenvalue weighted by atomic mass is 10.2. The molecule has 4 rings (SSSR count). The standard InChI is InChI=1S/C16H18N4O5S/c1-11-17-15(18-25-11)10-20-13-6-5-12(9-14(13)24-16(20)21)26(22,23)19-7-3-2-4-8-19/h5-6,9H,2-4,7-8,10H2,1H3. The molecule has 1 aliphatic heterocycles. The summed E-state index contributed by atoms with van der Waals surface area (Å²) in [5.41, 5.74) is 0.698. The molecule has 0 aliphatic carbocycles. The molecule has 0 radical (unpaired) electrons. The van der Waals surface area contributed by atoms with Gasteiger partial charge in [0.1, 0.15) is 0 Å².